The van der Waals surface area contributed by atoms with Crippen molar-refractivity contribution in [3.8, 4) is 5.75 Å². The molecule has 1 aliphatic heterocycles. The number of aromatic nitrogens is 1. The van der Waals surface area contributed by atoms with Crippen molar-refractivity contribution in [1.82, 2.24) is 4.98 Å². The minimum absolute atomic E-state index is 0.0485. The molecule has 0 saturated carbocycles. The first-order valence-electron chi connectivity index (χ1n) is 10.4. The molecule has 1 fully saturated rings. The van der Waals surface area contributed by atoms with Gasteiger partial charge in [-0.15, -0.1) is 11.3 Å². The predicted octanol–water partition coefficient (Wildman–Crippen LogP) is 5.28. The average molecular weight is 522 g/mol. The summed E-state index contributed by atoms with van der Waals surface area (Å²) in [5.41, 5.74) is 1.59. The van der Waals surface area contributed by atoms with Gasteiger partial charge in [0, 0.05) is 5.38 Å². The molecule has 1 saturated heterocycles. The van der Waals surface area contributed by atoms with Crippen LogP contribution in [0.5, 0.6) is 5.75 Å². The normalized spacial score (nSPS) is 16.8. The van der Waals surface area contributed by atoms with Crippen molar-refractivity contribution in [2.45, 2.75) is 30.4 Å². The molecule has 0 aliphatic carbocycles. The largest absolute Gasteiger partial charge is 0.489 e. The van der Waals surface area contributed by atoms with Crippen molar-refractivity contribution in [1.29, 1.82) is 0 Å². The Kier molecular flexibility index (Phi) is 7.56. The van der Waals surface area contributed by atoms with Crippen LogP contribution in [-0.2, 0) is 26.9 Å². The van der Waals surface area contributed by atoms with Crippen LogP contribution in [0.1, 0.15) is 39.7 Å². The van der Waals surface area contributed by atoms with Crippen LogP contribution in [-0.4, -0.2) is 33.7 Å². The highest BCUT2D eigenvalue weighted by Crippen LogP contribution is 2.32. The molecular formula is C24H18F3NO5S2. The molecule has 35 heavy (non-hydrogen) atoms. The molecule has 6 nitrogen and oxygen atoms in total. The summed E-state index contributed by atoms with van der Waals surface area (Å²) in [7, 11) is 0. The molecule has 0 spiro atoms. The van der Waals surface area contributed by atoms with Gasteiger partial charge < -0.3 is 9.47 Å². The van der Waals surface area contributed by atoms with Gasteiger partial charge in [-0.25, -0.2) is 9.78 Å². The third kappa shape index (κ3) is 6.49. The topological polar surface area (TPSA) is 82.6 Å². The van der Waals surface area contributed by atoms with Crippen LogP contribution in [0.3, 0.4) is 0 Å². The standard InChI is InChI=1S/C24H18F3NO5S2/c25-24(26,27)16-3-1-2-15(9-16)20(33-23(31)18-12-34-13-28-18)11-32-17-6-4-14(5-7-17)8-21-19(29)10-22(30)35-21/h1-7,9,12-13,20-21H,8,10-11H2. The zero-order chi connectivity index (χ0) is 25.0. The summed E-state index contributed by atoms with van der Waals surface area (Å²) in [6.07, 6.45) is -5.31. The van der Waals surface area contributed by atoms with Gasteiger partial charge in [-0.3, -0.25) is 9.59 Å². The number of thioether (sulfide) groups is 1. The van der Waals surface area contributed by atoms with Crippen molar-refractivity contribution in [3.05, 3.63) is 81.8 Å². The fourth-order valence-electron chi connectivity index (χ4n) is 3.40. The number of thiazole rings is 1. The van der Waals surface area contributed by atoms with Gasteiger partial charge in [-0.1, -0.05) is 36.0 Å². The molecular weight excluding hydrogens is 503 g/mol. The van der Waals surface area contributed by atoms with Crippen LogP contribution < -0.4 is 4.74 Å². The van der Waals surface area contributed by atoms with Gasteiger partial charge in [-0.2, -0.15) is 13.2 Å². The molecule has 11 heteroatoms. The molecule has 2 atom stereocenters. The number of esters is 1. The van der Waals surface area contributed by atoms with E-state index >= 15 is 0 Å². The van der Waals surface area contributed by atoms with Crippen molar-refractivity contribution in [3.63, 3.8) is 0 Å². The fraction of sp³-hybridized carbons (Fsp3) is 0.250. The van der Waals surface area contributed by atoms with E-state index in [-0.39, 0.29) is 35.2 Å². The smallest absolute Gasteiger partial charge is 0.416 e. The van der Waals surface area contributed by atoms with Crippen molar-refractivity contribution < 1.29 is 37.0 Å². The van der Waals surface area contributed by atoms with Gasteiger partial charge in [0.15, 0.2) is 22.7 Å². The van der Waals surface area contributed by atoms with Crippen LogP contribution in [0.25, 0.3) is 0 Å². The van der Waals surface area contributed by atoms with Crippen molar-refractivity contribution in [2.24, 2.45) is 0 Å². The molecule has 182 valence electrons. The average Bonchev–Trinajstić information content (AvgIpc) is 3.47. The van der Waals surface area contributed by atoms with Gasteiger partial charge >= 0.3 is 12.1 Å². The van der Waals surface area contributed by atoms with Crippen molar-refractivity contribution >= 4 is 40.0 Å². The van der Waals surface area contributed by atoms with E-state index in [2.05, 4.69) is 4.98 Å². The number of carbonyl (C=O) groups is 3. The third-order valence-corrected chi connectivity index (χ3v) is 6.88. The Bertz CT molecular complexity index is 1210. The summed E-state index contributed by atoms with van der Waals surface area (Å²) in [4.78, 5) is 39.6. The Hall–Kier alpha value is -3.18. The lowest BCUT2D eigenvalue weighted by Gasteiger charge is -2.20. The first-order valence-corrected chi connectivity index (χ1v) is 12.2. The van der Waals surface area contributed by atoms with Crippen LogP contribution in [0.4, 0.5) is 13.2 Å². The predicted molar refractivity (Wildman–Crippen MR) is 123 cm³/mol. The molecule has 0 N–H and O–H groups in total. The second kappa shape index (κ2) is 10.6. The molecule has 0 radical (unpaired) electrons. The van der Waals surface area contributed by atoms with E-state index in [0.29, 0.717) is 12.2 Å². The maximum absolute atomic E-state index is 13.2. The third-order valence-electron chi connectivity index (χ3n) is 5.17. The van der Waals surface area contributed by atoms with E-state index in [1.165, 1.54) is 34.4 Å². The number of alkyl halides is 3. The molecule has 4 rings (SSSR count). The van der Waals surface area contributed by atoms with Crippen molar-refractivity contribution in [2.75, 3.05) is 6.61 Å². The van der Waals surface area contributed by atoms with E-state index in [4.69, 9.17) is 9.47 Å². The highest BCUT2D eigenvalue weighted by molar-refractivity contribution is 8.15. The molecule has 3 aromatic rings. The van der Waals surface area contributed by atoms with E-state index in [9.17, 15) is 27.6 Å². The SMILES string of the molecule is O=C1CC(=O)C(Cc2ccc(OCC(OC(=O)c3cscn3)c3cccc(C(F)(F)F)c3)cc2)S1. The number of ether oxygens (including phenoxy) is 2. The highest BCUT2D eigenvalue weighted by Gasteiger charge is 2.32. The fourth-order valence-corrected chi connectivity index (χ4v) is 4.96. The van der Waals surface area contributed by atoms with Gasteiger partial charge in [-0.05, 0) is 41.8 Å². The van der Waals surface area contributed by atoms with Gasteiger partial charge in [0.1, 0.15) is 12.4 Å². The Morgan fingerprint density at radius 1 is 1.14 bits per heavy atom. The first kappa shape index (κ1) is 24.9. The van der Waals surface area contributed by atoms with Crippen LogP contribution in [0, 0.1) is 0 Å². The first-order chi connectivity index (χ1) is 16.7. The zero-order valence-corrected chi connectivity index (χ0v) is 19.6. The number of nitrogens with zero attached hydrogens (tertiary/aromatic N) is 1. The number of rotatable bonds is 8. The van der Waals surface area contributed by atoms with E-state index < -0.39 is 29.1 Å². The molecule has 2 heterocycles. The zero-order valence-electron chi connectivity index (χ0n) is 18.0. The Labute approximate surface area is 206 Å². The monoisotopic (exact) mass is 521 g/mol. The van der Waals surface area contributed by atoms with Gasteiger partial charge in [0.2, 0.25) is 0 Å². The number of halogens is 3. The van der Waals surface area contributed by atoms with Crippen LogP contribution >= 0.6 is 23.1 Å². The lowest BCUT2D eigenvalue weighted by molar-refractivity contribution is -0.137. The number of carbonyl (C=O) groups excluding carboxylic acids is 3. The maximum Gasteiger partial charge on any atom is 0.416 e. The number of hydrogen-bond donors (Lipinski definition) is 0. The molecule has 1 aliphatic rings. The number of hydrogen-bond acceptors (Lipinski definition) is 8. The summed E-state index contributed by atoms with van der Waals surface area (Å²) >= 11 is 2.23. The summed E-state index contributed by atoms with van der Waals surface area (Å²) in [6, 6.07) is 11.3. The Morgan fingerprint density at radius 3 is 2.54 bits per heavy atom. The molecule has 0 amide bonds. The number of benzene rings is 2. The summed E-state index contributed by atoms with van der Waals surface area (Å²) in [5, 5.41) is 0.948. The number of ketones is 1. The minimum Gasteiger partial charge on any atom is -0.489 e. The highest BCUT2D eigenvalue weighted by atomic mass is 32.2. The lowest BCUT2D eigenvalue weighted by Crippen LogP contribution is -2.19. The van der Waals surface area contributed by atoms with Crippen LogP contribution in [0.2, 0.25) is 0 Å². The quantitative estimate of drug-likeness (QED) is 0.295. The summed E-state index contributed by atoms with van der Waals surface area (Å²) < 4.78 is 50.8. The van der Waals surface area contributed by atoms with Gasteiger partial charge in [0.25, 0.3) is 0 Å². The minimum atomic E-state index is -4.56. The molecule has 1 aromatic heterocycles. The lowest BCUT2D eigenvalue weighted by atomic mass is 10.1. The second-order valence-corrected chi connectivity index (χ2v) is 9.65. The van der Waals surface area contributed by atoms with E-state index in [1.54, 1.807) is 24.3 Å². The second-order valence-electron chi connectivity index (χ2n) is 7.67. The summed E-state index contributed by atoms with van der Waals surface area (Å²) in [6.45, 7) is -0.234. The Morgan fingerprint density at radius 2 is 1.91 bits per heavy atom. The van der Waals surface area contributed by atoms with Gasteiger partial charge in [0.05, 0.1) is 22.7 Å². The van der Waals surface area contributed by atoms with E-state index in [0.717, 1.165) is 29.5 Å². The summed E-state index contributed by atoms with van der Waals surface area (Å²) in [5.74, 6) is -0.469. The van der Waals surface area contributed by atoms with Crippen LogP contribution in [0.15, 0.2) is 59.4 Å². The van der Waals surface area contributed by atoms with E-state index in [1.807, 2.05) is 0 Å². The maximum atomic E-state index is 13.2. The molecule has 2 aromatic carbocycles. The number of Topliss-reactive ketones (excluding diaryl/α,β-unsaturated/α-hetero) is 1. The molecule has 0 bridgehead atoms. The molecule has 2 unspecified atom stereocenters. The Balaban J connectivity index is 1.46.